The lowest BCUT2D eigenvalue weighted by atomic mass is 10.4. The summed E-state index contributed by atoms with van der Waals surface area (Å²) < 4.78 is 1.01. The van der Waals surface area contributed by atoms with Crippen molar-refractivity contribution in [3.8, 4) is 0 Å². The van der Waals surface area contributed by atoms with Crippen LogP contribution in [-0.2, 0) is 0 Å². The van der Waals surface area contributed by atoms with E-state index in [1.807, 2.05) is 12.5 Å². The van der Waals surface area contributed by atoms with Gasteiger partial charge in [-0.1, -0.05) is 0 Å². The van der Waals surface area contributed by atoms with Crippen LogP contribution in [0.3, 0.4) is 0 Å². The number of ketones is 1. The van der Waals surface area contributed by atoms with Crippen molar-refractivity contribution in [3.63, 3.8) is 0 Å². The van der Waals surface area contributed by atoms with E-state index in [4.69, 9.17) is 0 Å². The molecular formula is C8H9NOS3. The Morgan fingerprint density at radius 3 is 2.69 bits per heavy atom. The third-order valence-corrected chi connectivity index (χ3v) is 4.12. The maximum Gasteiger partial charge on any atom is 0.216 e. The van der Waals surface area contributed by atoms with Crippen LogP contribution in [0.25, 0.3) is 0 Å². The van der Waals surface area contributed by atoms with E-state index < -0.39 is 0 Å². The summed E-state index contributed by atoms with van der Waals surface area (Å²) in [6, 6.07) is 0. The van der Waals surface area contributed by atoms with Crippen LogP contribution in [0.2, 0.25) is 0 Å². The Morgan fingerprint density at radius 1 is 1.54 bits per heavy atom. The molecule has 0 aliphatic heterocycles. The van der Waals surface area contributed by atoms with E-state index in [-0.39, 0.29) is 5.78 Å². The van der Waals surface area contributed by atoms with Gasteiger partial charge < -0.3 is 0 Å². The minimum absolute atomic E-state index is 0.00583. The average Bonchev–Trinajstić information content (AvgIpc) is 2.66. The van der Waals surface area contributed by atoms with Crippen LogP contribution in [-0.4, -0.2) is 23.3 Å². The fourth-order valence-corrected chi connectivity index (χ4v) is 2.38. The average molecular weight is 231 g/mol. The molecule has 0 aliphatic carbocycles. The van der Waals surface area contributed by atoms with E-state index in [1.54, 1.807) is 41.2 Å². The molecule has 0 bridgehead atoms. The molecule has 0 radical (unpaired) electrons. The highest BCUT2D eigenvalue weighted by atomic mass is 32.2. The largest absolute Gasteiger partial charge is 0.287 e. The van der Waals surface area contributed by atoms with Crippen molar-refractivity contribution in [2.45, 2.75) is 0 Å². The molecule has 1 aromatic heterocycles. The maximum absolute atomic E-state index is 11.5. The number of allylic oxidation sites excluding steroid dienone is 1. The second kappa shape index (κ2) is 5.47. The van der Waals surface area contributed by atoms with Gasteiger partial charge in [-0.3, -0.25) is 4.79 Å². The molecule has 0 fully saturated rings. The van der Waals surface area contributed by atoms with Gasteiger partial charge in [0.05, 0.1) is 0 Å². The van der Waals surface area contributed by atoms with Crippen LogP contribution in [0.1, 0.15) is 9.80 Å². The van der Waals surface area contributed by atoms with Crippen molar-refractivity contribution in [1.29, 1.82) is 0 Å². The second-order valence-corrected chi connectivity index (χ2v) is 4.92. The molecule has 0 aliphatic rings. The van der Waals surface area contributed by atoms with E-state index in [9.17, 15) is 4.79 Å². The summed E-state index contributed by atoms with van der Waals surface area (Å²) in [6.45, 7) is 0. The molecule has 0 saturated carbocycles. The second-order valence-electron chi connectivity index (χ2n) is 2.07. The number of hydrogen-bond donors (Lipinski definition) is 0. The Kier molecular flexibility index (Phi) is 4.55. The molecule has 2 nitrogen and oxygen atoms in total. The predicted octanol–water partition coefficient (Wildman–Crippen LogP) is 2.89. The molecule has 5 heteroatoms. The van der Waals surface area contributed by atoms with E-state index in [1.165, 1.54) is 11.3 Å². The molecule has 0 aromatic carbocycles. The summed E-state index contributed by atoms with van der Waals surface area (Å²) in [5.41, 5.74) is 0. The number of thiazole rings is 1. The number of thioether (sulfide) groups is 2. The van der Waals surface area contributed by atoms with Crippen molar-refractivity contribution < 1.29 is 4.79 Å². The van der Waals surface area contributed by atoms with Gasteiger partial charge in [-0.05, 0) is 12.5 Å². The number of hydrogen-bond acceptors (Lipinski definition) is 5. The van der Waals surface area contributed by atoms with Crippen LogP contribution in [0, 0.1) is 0 Å². The fraction of sp³-hybridized carbons (Fsp3) is 0.250. The van der Waals surface area contributed by atoms with E-state index in [2.05, 4.69) is 4.98 Å². The summed E-state index contributed by atoms with van der Waals surface area (Å²) in [4.78, 5) is 15.4. The Morgan fingerprint density at radius 2 is 2.23 bits per heavy atom. The standard InChI is InChI=1S/C8H9NOS3/c1-11-7(12-2)5-6(10)8-9-3-4-13-8/h3-5H,1-2H3. The first-order chi connectivity index (χ1) is 6.27. The molecule has 1 heterocycles. The third-order valence-electron chi connectivity index (χ3n) is 1.29. The first-order valence-electron chi connectivity index (χ1n) is 3.51. The molecule has 0 saturated heterocycles. The summed E-state index contributed by atoms with van der Waals surface area (Å²) >= 11 is 4.52. The number of aromatic nitrogens is 1. The lowest BCUT2D eigenvalue weighted by molar-refractivity contribution is 0.104. The minimum atomic E-state index is -0.00583. The number of carbonyl (C=O) groups excluding carboxylic acids is 1. The van der Waals surface area contributed by atoms with Crippen molar-refractivity contribution in [1.82, 2.24) is 4.98 Å². The van der Waals surface area contributed by atoms with Gasteiger partial charge in [-0.15, -0.1) is 34.9 Å². The van der Waals surface area contributed by atoms with Gasteiger partial charge in [-0.2, -0.15) is 0 Å². The molecule has 0 amide bonds. The third kappa shape index (κ3) is 3.17. The van der Waals surface area contributed by atoms with Crippen LogP contribution in [0.4, 0.5) is 0 Å². The monoisotopic (exact) mass is 231 g/mol. The van der Waals surface area contributed by atoms with Crippen molar-refractivity contribution in [2.75, 3.05) is 12.5 Å². The Hall–Kier alpha value is -0.260. The van der Waals surface area contributed by atoms with Gasteiger partial charge >= 0.3 is 0 Å². The topological polar surface area (TPSA) is 30.0 Å². The van der Waals surface area contributed by atoms with E-state index >= 15 is 0 Å². The van der Waals surface area contributed by atoms with Gasteiger partial charge in [-0.25, -0.2) is 4.98 Å². The summed E-state index contributed by atoms with van der Waals surface area (Å²) in [5, 5.41) is 2.36. The van der Waals surface area contributed by atoms with Crippen LogP contribution < -0.4 is 0 Å². The highest BCUT2D eigenvalue weighted by Crippen LogP contribution is 2.24. The van der Waals surface area contributed by atoms with Gasteiger partial charge in [0.1, 0.15) is 0 Å². The summed E-state index contributed by atoms with van der Waals surface area (Å²) in [7, 11) is 0. The fourth-order valence-electron chi connectivity index (χ4n) is 0.715. The minimum Gasteiger partial charge on any atom is -0.287 e. The lowest BCUT2D eigenvalue weighted by Gasteiger charge is -1.96. The summed E-state index contributed by atoms with van der Waals surface area (Å²) in [5.74, 6) is -0.00583. The SMILES string of the molecule is CSC(=CC(=O)c1nccs1)SC. The zero-order valence-corrected chi connectivity index (χ0v) is 9.76. The van der Waals surface area contributed by atoms with Crippen LogP contribution in [0.5, 0.6) is 0 Å². The smallest absolute Gasteiger partial charge is 0.216 e. The quantitative estimate of drug-likeness (QED) is 0.589. The maximum atomic E-state index is 11.5. The van der Waals surface area contributed by atoms with Gasteiger partial charge in [0, 0.05) is 21.9 Å². The van der Waals surface area contributed by atoms with E-state index in [0.717, 1.165) is 4.24 Å². The highest BCUT2D eigenvalue weighted by molar-refractivity contribution is 8.21. The van der Waals surface area contributed by atoms with Gasteiger partial charge in [0.2, 0.25) is 5.78 Å². The molecule has 70 valence electrons. The summed E-state index contributed by atoms with van der Waals surface area (Å²) in [6.07, 6.45) is 7.19. The molecule has 1 aromatic rings. The zero-order chi connectivity index (χ0) is 9.68. The molecule has 0 spiro atoms. The first-order valence-corrected chi connectivity index (χ1v) is 6.84. The normalized spacial score (nSPS) is 9.69. The van der Waals surface area contributed by atoms with Crippen LogP contribution in [0.15, 0.2) is 21.9 Å². The zero-order valence-electron chi connectivity index (χ0n) is 7.31. The van der Waals surface area contributed by atoms with Gasteiger partial charge in [0.25, 0.3) is 0 Å². The number of nitrogens with zero attached hydrogens (tertiary/aromatic N) is 1. The van der Waals surface area contributed by atoms with E-state index in [0.29, 0.717) is 5.01 Å². The van der Waals surface area contributed by atoms with Crippen molar-refractivity contribution in [2.24, 2.45) is 0 Å². The van der Waals surface area contributed by atoms with Crippen LogP contribution >= 0.6 is 34.9 Å². The molecular weight excluding hydrogens is 222 g/mol. The molecule has 0 N–H and O–H groups in total. The highest BCUT2D eigenvalue weighted by Gasteiger charge is 2.06. The Balaban J connectivity index is 2.75. The lowest BCUT2D eigenvalue weighted by Crippen LogP contribution is -1.92. The molecule has 1 rings (SSSR count). The van der Waals surface area contributed by atoms with Gasteiger partial charge in [0.15, 0.2) is 5.01 Å². The molecule has 13 heavy (non-hydrogen) atoms. The Labute approximate surface area is 89.8 Å². The van der Waals surface area contributed by atoms with Crippen molar-refractivity contribution >= 4 is 40.6 Å². The molecule has 0 unspecified atom stereocenters. The molecule has 0 atom stereocenters. The Bertz CT molecular complexity index is 299. The first kappa shape index (κ1) is 10.8. The predicted molar refractivity (Wildman–Crippen MR) is 61.6 cm³/mol. The number of rotatable bonds is 4. The number of carbonyl (C=O) groups is 1. The van der Waals surface area contributed by atoms with Crippen molar-refractivity contribution in [3.05, 3.63) is 26.9 Å².